The first-order valence-corrected chi connectivity index (χ1v) is 8.99. The fourth-order valence-corrected chi connectivity index (χ4v) is 3.44. The number of nitro groups is 1. The van der Waals surface area contributed by atoms with E-state index in [9.17, 15) is 14.9 Å². The Morgan fingerprint density at radius 1 is 1.19 bits per heavy atom. The van der Waals surface area contributed by atoms with Crippen LogP contribution in [0.4, 0.5) is 5.69 Å². The average Bonchev–Trinajstić information content (AvgIpc) is 3.50. The molecule has 1 aliphatic heterocycles. The van der Waals surface area contributed by atoms with Crippen LogP contribution in [-0.2, 0) is 0 Å². The third kappa shape index (κ3) is 3.45. The Bertz CT molecular complexity index is 907. The molecule has 0 radical (unpaired) electrons. The van der Waals surface area contributed by atoms with Crippen molar-refractivity contribution < 1.29 is 19.2 Å². The maximum atomic E-state index is 12.9. The van der Waals surface area contributed by atoms with Gasteiger partial charge in [-0.05, 0) is 49.4 Å². The van der Waals surface area contributed by atoms with E-state index < -0.39 is 4.92 Å². The highest BCUT2D eigenvalue weighted by Gasteiger charge is 2.34. The van der Waals surface area contributed by atoms with Crippen molar-refractivity contribution >= 4 is 11.6 Å². The van der Waals surface area contributed by atoms with Crippen LogP contribution in [-0.4, -0.2) is 24.0 Å². The lowest BCUT2D eigenvalue weighted by molar-refractivity contribution is -0.385. The van der Waals surface area contributed by atoms with Gasteiger partial charge in [0.1, 0.15) is 13.2 Å². The zero-order valence-electron chi connectivity index (χ0n) is 14.9. The fourth-order valence-electron chi connectivity index (χ4n) is 3.44. The molecule has 7 heteroatoms. The molecule has 1 aliphatic carbocycles. The first kappa shape index (κ1) is 17.3. The van der Waals surface area contributed by atoms with Crippen molar-refractivity contribution in [2.75, 3.05) is 13.2 Å². The molecule has 0 bridgehead atoms. The van der Waals surface area contributed by atoms with E-state index in [1.165, 1.54) is 12.1 Å². The van der Waals surface area contributed by atoms with Gasteiger partial charge in [0, 0.05) is 17.2 Å². The lowest BCUT2D eigenvalue weighted by atomic mass is 10.00. The van der Waals surface area contributed by atoms with Crippen LogP contribution in [0, 0.1) is 23.0 Å². The Labute approximate surface area is 156 Å². The summed E-state index contributed by atoms with van der Waals surface area (Å²) >= 11 is 0. The SMILES string of the molecule is Cc1c(C(=O)NC(c2ccc3c(c2)OCCO3)C2CC2)cccc1[N+](=O)[O-]. The highest BCUT2D eigenvalue weighted by molar-refractivity contribution is 5.96. The smallest absolute Gasteiger partial charge is 0.273 e. The van der Waals surface area contributed by atoms with Crippen LogP contribution in [0.3, 0.4) is 0 Å². The summed E-state index contributed by atoms with van der Waals surface area (Å²) in [5.41, 5.74) is 1.60. The van der Waals surface area contributed by atoms with E-state index in [4.69, 9.17) is 9.47 Å². The summed E-state index contributed by atoms with van der Waals surface area (Å²) in [6, 6.07) is 10.1. The predicted molar refractivity (Wildman–Crippen MR) is 98.2 cm³/mol. The third-order valence-corrected chi connectivity index (χ3v) is 5.05. The molecule has 1 unspecified atom stereocenters. The Balaban J connectivity index is 1.60. The quantitative estimate of drug-likeness (QED) is 0.644. The van der Waals surface area contributed by atoms with Crippen molar-refractivity contribution in [3.63, 3.8) is 0 Å². The summed E-state index contributed by atoms with van der Waals surface area (Å²) in [6.07, 6.45) is 2.07. The number of rotatable bonds is 5. The number of nitrogens with one attached hydrogen (secondary N) is 1. The monoisotopic (exact) mass is 368 g/mol. The minimum absolute atomic E-state index is 0.0510. The largest absolute Gasteiger partial charge is 0.486 e. The molecule has 0 saturated heterocycles. The highest BCUT2D eigenvalue weighted by Crippen LogP contribution is 2.43. The van der Waals surface area contributed by atoms with Gasteiger partial charge in [0.25, 0.3) is 11.6 Å². The van der Waals surface area contributed by atoms with Crippen LogP contribution in [0.25, 0.3) is 0 Å². The van der Waals surface area contributed by atoms with Gasteiger partial charge in [-0.3, -0.25) is 14.9 Å². The zero-order chi connectivity index (χ0) is 19.0. The summed E-state index contributed by atoms with van der Waals surface area (Å²) in [5, 5.41) is 14.2. The first-order chi connectivity index (χ1) is 13.0. The van der Waals surface area contributed by atoms with Gasteiger partial charge >= 0.3 is 0 Å². The number of hydrogen-bond acceptors (Lipinski definition) is 5. The summed E-state index contributed by atoms with van der Waals surface area (Å²) in [4.78, 5) is 23.5. The predicted octanol–water partition coefficient (Wildman–Crippen LogP) is 3.56. The van der Waals surface area contributed by atoms with E-state index in [2.05, 4.69) is 5.32 Å². The molecule has 1 heterocycles. The second kappa shape index (κ2) is 6.90. The molecule has 2 aromatic rings. The van der Waals surface area contributed by atoms with Gasteiger partial charge in [-0.15, -0.1) is 0 Å². The summed E-state index contributed by atoms with van der Waals surface area (Å²) < 4.78 is 11.2. The second-order valence-corrected chi connectivity index (χ2v) is 6.90. The number of carbonyl (C=O) groups excluding carboxylic acids is 1. The second-order valence-electron chi connectivity index (χ2n) is 6.90. The van der Waals surface area contributed by atoms with Gasteiger partial charge in [0.15, 0.2) is 11.5 Å². The van der Waals surface area contributed by atoms with Crippen LogP contribution < -0.4 is 14.8 Å². The standard InChI is InChI=1S/C20H20N2O5/c1-12-15(3-2-4-16(12)22(24)25)20(23)21-19(13-5-6-13)14-7-8-17-18(11-14)27-10-9-26-17/h2-4,7-8,11,13,19H,5-6,9-10H2,1H3,(H,21,23). The number of carbonyl (C=O) groups is 1. The lowest BCUT2D eigenvalue weighted by Crippen LogP contribution is -2.30. The molecule has 4 rings (SSSR count). The number of fused-ring (bicyclic) bond motifs is 1. The minimum Gasteiger partial charge on any atom is -0.486 e. The van der Waals surface area contributed by atoms with Crippen molar-refractivity contribution in [1.82, 2.24) is 5.32 Å². The van der Waals surface area contributed by atoms with Gasteiger partial charge < -0.3 is 14.8 Å². The van der Waals surface area contributed by atoms with E-state index in [-0.39, 0.29) is 17.6 Å². The van der Waals surface area contributed by atoms with Gasteiger partial charge in [-0.1, -0.05) is 12.1 Å². The molecule has 0 aromatic heterocycles. The van der Waals surface area contributed by atoms with Crippen molar-refractivity contribution in [3.8, 4) is 11.5 Å². The van der Waals surface area contributed by atoms with Crippen LogP contribution >= 0.6 is 0 Å². The number of benzene rings is 2. The lowest BCUT2D eigenvalue weighted by Gasteiger charge is -2.23. The van der Waals surface area contributed by atoms with Gasteiger partial charge in [-0.2, -0.15) is 0 Å². The van der Waals surface area contributed by atoms with E-state index in [1.807, 2.05) is 18.2 Å². The number of hydrogen-bond donors (Lipinski definition) is 1. The Kier molecular flexibility index (Phi) is 4.43. The Morgan fingerprint density at radius 3 is 2.63 bits per heavy atom. The zero-order valence-corrected chi connectivity index (χ0v) is 14.9. The molecule has 1 amide bonds. The number of nitro benzene ring substituents is 1. The molecule has 1 atom stereocenters. The van der Waals surface area contributed by atoms with Crippen molar-refractivity contribution in [2.45, 2.75) is 25.8 Å². The molecule has 1 N–H and O–H groups in total. The molecule has 7 nitrogen and oxygen atoms in total. The highest BCUT2D eigenvalue weighted by atomic mass is 16.6. The molecule has 27 heavy (non-hydrogen) atoms. The maximum Gasteiger partial charge on any atom is 0.273 e. The van der Waals surface area contributed by atoms with Gasteiger partial charge in [0.05, 0.1) is 11.0 Å². The molecule has 1 saturated carbocycles. The van der Waals surface area contributed by atoms with E-state index in [1.54, 1.807) is 13.0 Å². The number of amides is 1. The number of ether oxygens (including phenoxy) is 2. The van der Waals surface area contributed by atoms with Crippen molar-refractivity contribution in [1.29, 1.82) is 0 Å². The molecule has 2 aliphatic rings. The van der Waals surface area contributed by atoms with Crippen LogP contribution in [0.15, 0.2) is 36.4 Å². The van der Waals surface area contributed by atoms with E-state index in [0.717, 1.165) is 18.4 Å². The molecule has 1 fully saturated rings. The topological polar surface area (TPSA) is 90.7 Å². The van der Waals surface area contributed by atoms with Crippen LogP contribution in [0.5, 0.6) is 11.5 Å². The summed E-state index contributed by atoms with van der Waals surface area (Å²) in [6.45, 7) is 2.63. The molecule has 0 spiro atoms. The average molecular weight is 368 g/mol. The fraction of sp³-hybridized carbons (Fsp3) is 0.350. The summed E-state index contributed by atoms with van der Waals surface area (Å²) in [7, 11) is 0. The maximum absolute atomic E-state index is 12.9. The molecular weight excluding hydrogens is 348 g/mol. The molecule has 140 valence electrons. The van der Waals surface area contributed by atoms with Gasteiger partial charge in [-0.25, -0.2) is 0 Å². The normalized spacial score (nSPS) is 16.5. The Hall–Kier alpha value is -3.09. The van der Waals surface area contributed by atoms with Crippen LogP contribution in [0.1, 0.15) is 40.4 Å². The number of nitrogens with zero attached hydrogens (tertiary/aromatic N) is 1. The molecular formula is C20H20N2O5. The third-order valence-electron chi connectivity index (χ3n) is 5.05. The van der Waals surface area contributed by atoms with E-state index in [0.29, 0.717) is 41.8 Å². The summed E-state index contributed by atoms with van der Waals surface area (Å²) in [5.74, 6) is 1.45. The van der Waals surface area contributed by atoms with E-state index >= 15 is 0 Å². The van der Waals surface area contributed by atoms with Crippen molar-refractivity contribution in [3.05, 3.63) is 63.2 Å². The first-order valence-electron chi connectivity index (χ1n) is 8.99. The van der Waals surface area contributed by atoms with Crippen molar-refractivity contribution in [2.24, 2.45) is 5.92 Å². The molecule has 2 aromatic carbocycles. The minimum atomic E-state index is -0.467. The van der Waals surface area contributed by atoms with Crippen LogP contribution in [0.2, 0.25) is 0 Å². The van der Waals surface area contributed by atoms with Gasteiger partial charge in [0.2, 0.25) is 0 Å². The Morgan fingerprint density at radius 2 is 1.93 bits per heavy atom.